The van der Waals surface area contributed by atoms with Crippen molar-refractivity contribution in [1.29, 1.82) is 0 Å². The number of para-hydroxylation sites is 1. The van der Waals surface area contributed by atoms with Crippen LogP contribution in [-0.4, -0.2) is 24.9 Å². The lowest BCUT2D eigenvalue weighted by atomic mass is 10.2. The van der Waals surface area contributed by atoms with Gasteiger partial charge in [-0.05, 0) is 12.1 Å². The maximum absolute atomic E-state index is 12.6. The van der Waals surface area contributed by atoms with Crippen LogP contribution in [0.4, 0.5) is 0 Å². The third-order valence-corrected chi connectivity index (χ3v) is 4.25. The number of halogens is 1. The molecular formula is C15H13ClN4OS. The van der Waals surface area contributed by atoms with Gasteiger partial charge in [-0.1, -0.05) is 47.6 Å². The summed E-state index contributed by atoms with van der Waals surface area (Å²) in [6.07, 6.45) is 3.50. The van der Waals surface area contributed by atoms with E-state index in [0.717, 1.165) is 10.7 Å². The van der Waals surface area contributed by atoms with Gasteiger partial charge in [-0.15, -0.1) is 16.8 Å². The van der Waals surface area contributed by atoms with Gasteiger partial charge < -0.3 is 0 Å². The Hall–Kier alpha value is -2.05. The normalized spacial score (nSPS) is 11.7. The molecule has 0 saturated carbocycles. The lowest BCUT2D eigenvalue weighted by Crippen LogP contribution is -2.22. The number of allylic oxidation sites excluding steroid dienone is 1. The van der Waals surface area contributed by atoms with E-state index < -0.39 is 0 Å². The van der Waals surface area contributed by atoms with Gasteiger partial charge in [0.15, 0.2) is 5.16 Å². The van der Waals surface area contributed by atoms with E-state index in [-0.39, 0.29) is 5.56 Å². The molecule has 0 saturated heterocycles. The second-order valence-corrected chi connectivity index (χ2v) is 5.75. The van der Waals surface area contributed by atoms with Crippen molar-refractivity contribution in [2.24, 2.45) is 0 Å². The Bertz CT molecular complexity index is 928. The Morgan fingerprint density at radius 1 is 1.32 bits per heavy atom. The predicted molar refractivity (Wildman–Crippen MR) is 90.7 cm³/mol. The van der Waals surface area contributed by atoms with Gasteiger partial charge in [0.05, 0.1) is 10.9 Å². The Balaban J connectivity index is 2.33. The maximum Gasteiger partial charge on any atom is 0.263 e. The molecule has 0 fully saturated rings. The summed E-state index contributed by atoms with van der Waals surface area (Å²) in [6, 6.07) is 7.45. The number of nitrogens with zero attached hydrogens (tertiary/aromatic N) is 4. The van der Waals surface area contributed by atoms with Crippen LogP contribution in [0.3, 0.4) is 0 Å². The quantitative estimate of drug-likeness (QED) is 0.532. The standard InChI is InChI=1S/C15H13ClN4OS/c1-2-9-19-13(21)11-6-3-4-7-12(11)20-14(19)17-18-15(20)22-10-5-8-16/h2-8H,1,9-10H2/b8-5+. The molecule has 0 N–H and O–H groups in total. The highest BCUT2D eigenvalue weighted by Gasteiger charge is 2.15. The Labute approximate surface area is 135 Å². The van der Waals surface area contributed by atoms with Crippen molar-refractivity contribution < 1.29 is 0 Å². The molecule has 0 radical (unpaired) electrons. The molecular weight excluding hydrogens is 320 g/mol. The number of fused-ring (bicyclic) bond motifs is 3. The molecule has 0 aliphatic heterocycles. The smallest absolute Gasteiger partial charge is 0.263 e. The molecule has 0 aliphatic rings. The lowest BCUT2D eigenvalue weighted by Gasteiger charge is -2.09. The molecule has 5 nitrogen and oxygen atoms in total. The zero-order chi connectivity index (χ0) is 15.5. The van der Waals surface area contributed by atoms with E-state index >= 15 is 0 Å². The summed E-state index contributed by atoms with van der Waals surface area (Å²) in [7, 11) is 0. The number of rotatable bonds is 5. The van der Waals surface area contributed by atoms with Gasteiger partial charge in [0.1, 0.15) is 0 Å². The average Bonchev–Trinajstić information content (AvgIpc) is 2.96. The van der Waals surface area contributed by atoms with E-state index in [1.165, 1.54) is 17.3 Å². The Morgan fingerprint density at radius 2 is 2.14 bits per heavy atom. The van der Waals surface area contributed by atoms with Crippen molar-refractivity contribution in [2.45, 2.75) is 11.7 Å². The summed E-state index contributed by atoms with van der Waals surface area (Å²) < 4.78 is 3.47. The van der Waals surface area contributed by atoms with Crippen LogP contribution in [0.15, 0.2) is 58.5 Å². The van der Waals surface area contributed by atoms with E-state index in [4.69, 9.17) is 11.6 Å². The van der Waals surface area contributed by atoms with Crippen LogP contribution in [0.2, 0.25) is 0 Å². The highest BCUT2D eigenvalue weighted by Crippen LogP contribution is 2.21. The van der Waals surface area contributed by atoms with Gasteiger partial charge in [0, 0.05) is 17.8 Å². The second kappa shape index (κ2) is 6.37. The van der Waals surface area contributed by atoms with Gasteiger partial charge in [-0.25, -0.2) is 0 Å². The first kappa shape index (κ1) is 14.9. The van der Waals surface area contributed by atoms with Gasteiger partial charge in [-0.2, -0.15) is 0 Å². The minimum Gasteiger partial charge on any atom is -0.272 e. The minimum atomic E-state index is -0.0902. The molecule has 7 heteroatoms. The second-order valence-electron chi connectivity index (χ2n) is 4.51. The van der Waals surface area contributed by atoms with Crippen LogP contribution in [0.1, 0.15) is 0 Å². The lowest BCUT2D eigenvalue weighted by molar-refractivity contribution is 0.783. The molecule has 0 atom stereocenters. The first-order valence-corrected chi connectivity index (χ1v) is 8.05. The highest BCUT2D eigenvalue weighted by atomic mass is 35.5. The molecule has 1 aromatic carbocycles. The van der Waals surface area contributed by atoms with Crippen molar-refractivity contribution in [3.8, 4) is 0 Å². The van der Waals surface area contributed by atoms with Crippen molar-refractivity contribution in [3.05, 3.63) is 58.9 Å². The zero-order valence-electron chi connectivity index (χ0n) is 11.6. The first-order valence-electron chi connectivity index (χ1n) is 6.63. The molecule has 0 aliphatic carbocycles. The largest absolute Gasteiger partial charge is 0.272 e. The van der Waals surface area contributed by atoms with Gasteiger partial charge in [-0.3, -0.25) is 13.8 Å². The molecule has 0 spiro atoms. The summed E-state index contributed by atoms with van der Waals surface area (Å²) >= 11 is 7.05. The van der Waals surface area contributed by atoms with Gasteiger partial charge in [0.2, 0.25) is 5.78 Å². The molecule has 0 amide bonds. The average molecular weight is 333 g/mol. The van der Waals surface area contributed by atoms with Gasteiger partial charge >= 0.3 is 0 Å². The molecule has 2 heterocycles. The topological polar surface area (TPSA) is 52.2 Å². The van der Waals surface area contributed by atoms with Crippen LogP contribution in [0.5, 0.6) is 0 Å². The molecule has 0 bridgehead atoms. The summed E-state index contributed by atoms with van der Waals surface area (Å²) in [5.74, 6) is 1.19. The molecule has 22 heavy (non-hydrogen) atoms. The Kier molecular flexibility index (Phi) is 4.31. The minimum absolute atomic E-state index is 0.0902. The van der Waals surface area contributed by atoms with Crippen molar-refractivity contribution >= 4 is 40.0 Å². The van der Waals surface area contributed by atoms with E-state index in [2.05, 4.69) is 16.8 Å². The summed E-state index contributed by atoms with van der Waals surface area (Å²) in [5.41, 5.74) is 2.18. The fourth-order valence-corrected chi connectivity index (χ4v) is 3.22. The predicted octanol–water partition coefficient (Wildman–Crippen LogP) is 3.07. The first-order chi connectivity index (χ1) is 10.8. The van der Waals surface area contributed by atoms with E-state index in [9.17, 15) is 4.79 Å². The highest BCUT2D eigenvalue weighted by molar-refractivity contribution is 7.99. The zero-order valence-corrected chi connectivity index (χ0v) is 13.2. The number of thioether (sulfide) groups is 1. The van der Waals surface area contributed by atoms with Gasteiger partial charge in [0.25, 0.3) is 5.56 Å². The van der Waals surface area contributed by atoms with E-state index in [1.807, 2.05) is 34.7 Å². The SMILES string of the molecule is C=CCn1c(=O)c2ccccc2n2c(SC/C=C/Cl)nnc12. The Morgan fingerprint density at radius 3 is 2.91 bits per heavy atom. The monoisotopic (exact) mass is 332 g/mol. The number of hydrogen-bond acceptors (Lipinski definition) is 4. The van der Waals surface area contributed by atoms with E-state index in [1.54, 1.807) is 10.6 Å². The molecule has 112 valence electrons. The third-order valence-electron chi connectivity index (χ3n) is 3.19. The molecule has 2 aromatic heterocycles. The molecule has 3 rings (SSSR count). The van der Waals surface area contributed by atoms with Crippen molar-refractivity contribution in [3.63, 3.8) is 0 Å². The van der Waals surface area contributed by atoms with Crippen LogP contribution in [-0.2, 0) is 6.54 Å². The van der Waals surface area contributed by atoms with Crippen LogP contribution >= 0.6 is 23.4 Å². The van der Waals surface area contributed by atoms with Crippen LogP contribution < -0.4 is 5.56 Å². The summed E-state index contributed by atoms with van der Waals surface area (Å²) in [5, 5.41) is 9.74. The summed E-state index contributed by atoms with van der Waals surface area (Å²) in [4.78, 5) is 12.6. The van der Waals surface area contributed by atoms with Crippen LogP contribution in [0, 0.1) is 0 Å². The maximum atomic E-state index is 12.6. The number of benzene rings is 1. The fourth-order valence-electron chi connectivity index (χ4n) is 2.28. The van der Waals surface area contributed by atoms with Crippen LogP contribution in [0.25, 0.3) is 16.7 Å². The van der Waals surface area contributed by atoms with Crippen molar-refractivity contribution in [2.75, 3.05) is 5.75 Å². The fraction of sp³-hybridized carbons (Fsp3) is 0.133. The number of aromatic nitrogens is 4. The molecule has 0 unspecified atom stereocenters. The molecule has 3 aromatic rings. The third kappa shape index (κ3) is 2.44. The summed E-state index contributed by atoms with van der Waals surface area (Å²) in [6.45, 7) is 4.09. The van der Waals surface area contributed by atoms with Crippen molar-refractivity contribution in [1.82, 2.24) is 19.2 Å². The van der Waals surface area contributed by atoms with E-state index in [0.29, 0.717) is 23.5 Å². The number of hydrogen-bond donors (Lipinski definition) is 0.